The largest absolute Gasteiger partial charge is 0.566 e. The number of amides is 1. The van der Waals surface area contributed by atoms with Gasteiger partial charge in [0.2, 0.25) is 0 Å². The van der Waals surface area contributed by atoms with Crippen molar-refractivity contribution in [2.75, 3.05) is 13.2 Å². The molecule has 1 heterocycles. The van der Waals surface area contributed by atoms with E-state index < -0.39 is 5.39 Å². The molecule has 15 heavy (non-hydrogen) atoms. The Morgan fingerprint density at radius 1 is 1.73 bits per heavy atom. The summed E-state index contributed by atoms with van der Waals surface area (Å²) >= 11 is 0. The molecule has 82 valence electrons. The summed E-state index contributed by atoms with van der Waals surface area (Å²) in [6.07, 6.45) is 2.98. The van der Waals surface area contributed by atoms with E-state index in [0.29, 0.717) is 5.56 Å². The van der Waals surface area contributed by atoms with Crippen LogP contribution in [-0.2, 0) is 4.84 Å². The zero-order valence-electron chi connectivity index (χ0n) is 7.84. The minimum atomic E-state index is -1.36. The molecule has 1 rings (SSSR count). The summed E-state index contributed by atoms with van der Waals surface area (Å²) in [7, 11) is 0. The molecule has 0 spiro atoms. The number of pyridine rings is 1. The van der Waals surface area contributed by atoms with E-state index in [-0.39, 0.29) is 19.1 Å². The van der Waals surface area contributed by atoms with E-state index in [2.05, 4.69) is 15.1 Å². The highest BCUT2D eigenvalue weighted by Crippen LogP contribution is 1.93. The molecule has 1 atom stereocenters. The lowest BCUT2D eigenvalue weighted by molar-refractivity contribution is -1.21. The number of hydrogen-bond donors (Lipinski definition) is 3. The molecule has 7 heteroatoms. The van der Waals surface area contributed by atoms with Crippen molar-refractivity contribution in [3.8, 4) is 0 Å². The highest BCUT2D eigenvalue weighted by molar-refractivity contribution is 5.93. The minimum Gasteiger partial charge on any atom is -0.566 e. The molecule has 0 aliphatic carbocycles. The first-order valence-corrected chi connectivity index (χ1v) is 4.24. The lowest BCUT2D eigenvalue weighted by atomic mass is 10.3. The number of nitrogens with one attached hydrogen (secondary N) is 2. The van der Waals surface area contributed by atoms with Crippen molar-refractivity contribution in [2.45, 2.75) is 0 Å². The molecule has 1 amide bonds. The first kappa shape index (κ1) is 11.5. The molecular formula is C8H11N3O4. The third-order valence-electron chi connectivity index (χ3n) is 1.54. The Bertz CT molecular complexity index is 304. The molecular weight excluding hydrogens is 202 g/mol. The van der Waals surface area contributed by atoms with Crippen LogP contribution in [0.1, 0.15) is 10.4 Å². The summed E-state index contributed by atoms with van der Waals surface area (Å²) in [6.45, 7) is 0.0708. The van der Waals surface area contributed by atoms with Crippen LogP contribution in [0.3, 0.4) is 0 Å². The predicted molar refractivity (Wildman–Crippen MR) is 48.6 cm³/mol. The van der Waals surface area contributed by atoms with Gasteiger partial charge in [0.15, 0.2) is 0 Å². The number of quaternary nitrogens is 1. The lowest BCUT2D eigenvalue weighted by Crippen LogP contribution is -3.03. The second kappa shape index (κ2) is 6.04. The van der Waals surface area contributed by atoms with Crippen LogP contribution >= 0.6 is 0 Å². The van der Waals surface area contributed by atoms with Gasteiger partial charge in [0, 0.05) is 18.9 Å². The molecule has 0 aliphatic heterocycles. The van der Waals surface area contributed by atoms with Crippen molar-refractivity contribution >= 4 is 5.91 Å². The Kier molecular flexibility index (Phi) is 4.64. The Labute approximate surface area is 85.8 Å². The van der Waals surface area contributed by atoms with Crippen LogP contribution in [0.4, 0.5) is 0 Å². The van der Waals surface area contributed by atoms with Crippen LogP contribution in [-0.4, -0.2) is 29.3 Å². The first-order chi connectivity index (χ1) is 7.20. The molecule has 0 aliphatic rings. The number of nitrogens with zero attached hydrogens (tertiary/aromatic N) is 1. The van der Waals surface area contributed by atoms with E-state index in [1.807, 2.05) is 0 Å². The SMILES string of the molecule is O=C(NCCO[NH+]([O-])O)c1cccnc1. The van der Waals surface area contributed by atoms with Crippen LogP contribution in [0.2, 0.25) is 0 Å². The number of hydrogen-bond acceptors (Lipinski definition) is 5. The summed E-state index contributed by atoms with van der Waals surface area (Å²) < 4.78 is 0. The third-order valence-corrected chi connectivity index (χ3v) is 1.54. The van der Waals surface area contributed by atoms with E-state index in [4.69, 9.17) is 5.21 Å². The molecule has 0 bridgehead atoms. The van der Waals surface area contributed by atoms with Gasteiger partial charge in [-0.15, -0.1) is 0 Å². The number of carbonyl (C=O) groups is 1. The van der Waals surface area contributed by atoms with Gasteiger partial charge in [-0.1, -0.05) is 5.39 Å². The van der Waals surface area contributed by atoms with Crippen molar-refractivity contribution in [3.63, 3.8) is 0 Å². The fourth-order valence-electron chi connectivity index (χ4n) is 0.902. The quantitative estimate of drug-likeness (QED) is 0.409. The molecule has 1 aromatic heterocycles. The molecule has 0 radical (unpaired) electrons. The summed E-state index contributed by atoms with van der Waals surface area (Å²) in [5.74, 6) is -0.308. The van der Waals surface area contributed by atoms with Gasteiger partial charge in [-0.2, -0.15) is 10.0 Å². The van der Waals surface area contributed by atoms with Crippen molar-refractivity contribution in [3.05, 3.63) is 35.3 Å². The van der Waals surface area contributed by atoms with Crippen LogP contribution < -0.4 is 10.7 Å². The van der Waals surface area contributed by atoms with E-state index in [1.54, 1.807) is 18.3 Å². The van der Waals surface area contributed by atoms with E-state index in [0.717, 1.165) is 0 Å². The van der Waals surface area contributed by atoms with Gasteiger partial charge in [0.25, 0.3) is 5.91 Å². The van der Waals surface area contributed by atoms with Crippen molar-refractivity contribution in [1.82, 2.24) is 10.3 Å². The van der Waals surface area contributed by atoms with Crippen LogP contribution in [0.5, 0.6) is 0 Å². The summed E-state index contributed by atoms with van der Waals surface area (Å²) in [5.41, 5.74) is 0.424. The van der Waals surface area contributed by atoms with Crippen molar-refractivity contribution < 1.29 is 20.2 Å². The lowest BCUT2D eigenvalue weighted by Gasteiger charge is -2.10. The fraction of sp³-hybridized carbons (Fsp3) is 0.250. The molecule has 1 aromatic rings. The Morgan fingerprint density at radius 3 is 3.13 bits per heavy atom. The highest BCUT2D eigenvalue weighted by atomic mass is 17.1. The van der Waals surface area contributed by atoms with E-state index in [9.17, 15) is 10.0 Å². The molecule has 7 nitrogen and oxygen atoms in total. The molecule has 1 unspecified atom stereocenters. The van der Waals surface area contributed by atoms with Crippen molar-refractivity contribution in [2.24, 2.45) is 0 Å². The van der Waals surface area contributed by atoms with Gasteiger partial charge < -0.3 is 10.5 Å². The number of carbonyl (C=O) groups excluding carboxylic acids is 1. The average Bonchev–Trinajstić information content (AvgIpc) is 2.25. The summed E-state index contributed by atoms with van der Waals surface area (Å²) in [5, 5.41) is 19.3. The molecule has 3 N–H and O–H groups in total. The van der Waals surface area contributed by atoms with E-state index >= 15 is 0 Å². The maximum atomic E-state index is 11.3. The van der Waals surface area contributed by atoms with Gasteiger partial charge in [-0.25, -0.2) is 0 Å². The van der Waals surface area contributed by atoms with Gasteiger partial charge in [0.1, 0.15) is 6.61 Å². The highest BCUT2D eigenvalue weighted by Gasteiger charge is 2.03. The molecule has 0 saturated heterocycles. The second-order valence-electron chi connectivity index (χ2n) is 2.61. The van der Waals surface area contributed by atoms with Crippen molar-refractivity contribution in [1.29, 1.82) is 0 Å². The Morgan fingerprint density at radius 2 is 2.53 bits per heavy atom. The summed E-state index contributed by atoms with van der Waals surface area (Å²) in [6, 6.07) is 3.25. The first-order valence-electron chi connectivity index (χ1n) is 4.24. The third kappa shape index (κ3) is 4.47. The maximum absolute atomic E-state index is 11.3. The van der Waals surface area contributed by atoms with Gasteiger partial charge >= 0.3 is 0 Å². The monoisotopic (exact) mass is 213 g/mol. The van der Waals surface area contributed by atoms with E-state index in [1.165, 1.54) is 6.20 Å². The fourth-order valence-corrected chi connectivity index (χ4v) is 0.902. The number of rotatable bonds is 5. The molecule has 0 aromatic carbocycles. The van der Waals surface area contributed by atoms with Gasteiger partial charge in [-0.05, 0) is 12.1 Å². The minimum absolute atomic E-state index is 0.0681. The van der Waals surface area contributed by atoms with Gasteiger partial charge in [0.05, 0.1) is 5.56 Å². The average molecular weight is 213 g/mol. The zero-order chi connectivity index (χ0) is 11.1. The smallest absolute Gasteiger partial charge is 0.252 e. The van der Waals surface area contributed by atoms with Crippen LogP contribution in [0, 0.1) is 5.21 Å². The zero-order valence-corrected chi connectivity index (χ0v) is 7.84. The topological polar surface area (TPSA) is 99.0 Å². The summed E-state index contributed by atoms with van der Waals surface area (Å²) in [4.78, 5) is 19.3. The maximum Gasteiger partial charge on any atom is 0.252 e. The Hall–Kier alpha value is -1.54. The second-order valence-corrected chi connectivity index (χ2v) is 2.61. The molecule has 0 fully saturated rings. The van der Waals surface area contributed by atoms with Crippen LogP contribution in [0.15, 0.2) is 24.5 Å². The normalized spacial score (nSPS) is 12.1. The number of aromatic nitrogens is 1. The standard InChI is InChI=1S/C8H11N3O4/c12-8(7-2-1-3-9-6-7)10-4-5-15-11(13)14/h1-3,6,11,13H,4-5H2,(H,10,12). The molecule has 0 saturated carbocycles. The Balaban J connectivity index is 2.25. The van der Waals surface area contributed by atoms with Crippen LogP contribution in [0.25, 0.3) is 0 Å². The predicted octanol–water partition coefficient (Wildman–Crippen LogP) is -1.49. The van der Waals surface area contributed by atoms with Gasteiger partial charge in [-0.3, -0.25) is 9.78 Å².